The Balaban J connectivity index is 1.63. The van der Waals surface area contributed by atoms with E-state index in [1.807, 2.05) is 21.0 Å². The van der Waals surface area contributed by atoms with Crippen molar-refractivity contribution < 1.29 is 4.79 Å². The third-order valence-corrected chi connectivity index (χ3v) is 5.28. The molecule has 1 saturated heterocycles. The lowest BCUT2D eigenvalue weighted by atomic mass is 10.1. The smallest absolute Gasteiger partial charge is 0.223 e. The van der Waals surface area contributed by atoms with E-state index in [1.54, 1.807) is 0 Å². The van der Waals surface area contributed by atoms with Gasteiger partial charge in [-0.25, -0.2) is 9.97 Å². The number of rotatable bonds is 6. The lowest BCUT2D eigenvalue weighted by molar-refractivity contribution is -0.129. The normalized spacial score (nSPS) is 21.6. The molecule has 2 aliphatic rings. The molecular formula is C19H31N5O. The third-order valence-electron chi connectivity index (χ3n) is 5.28. The van der Waals surface area contributed by atoms with Crippen molar-refractivity contribution in [3.8, 4) is 0 Å². The molecule has 6 nitrogen and oxygen atoms in total. The van der Waals surface area contributed by atoms with Crippen LogP contribution < -0.4 is 4.90 Å². The number of anilines is 1. The highest BCUT2D eigenvalue weighted by molar-refractivity contribution is 5.79. The number of aryl methyl sites for hydroxylation is 1. The van der Waals surface area contributed by atoms with Gasteiger partial charge in [-0.05, 0) is 33.9 Å². The Hall–Kier alpha value is -1.69. The first-order valence-corrected chi connectivity index (χ1v) is 9.42. The fraction of sp³-hybridized carbons (Fsp3) is 0.737. The number of amides is 1. The monoisotopic (exact) mass is 345 g/mol. The first-order valence-electron chi connectivity index (χ1n) is 9.42. The van der Waals surface area contributed by atoms with Crippen molar-refractivity contribution in [2.24, 2.45) is 5.92 Å². The van der Waals surface area contributed by atoms with Gasteiger partial charge in [-0.15, -0.1) is 0 Å². The Kier molecular flexibility index (Phi) is 5.57. The van der Waals surface area contributed by atoms with Crippen molar-refractivity contribution in [3.63, 3.8) is 0 Å². The number of aromatic nitrogens is 2. The second-order valence-electron chi connectivity index (χ2n) is 7.94. The Morgan fingerprint density at radius 1 is 1.20 bits per heavy atom. The van der Waals surface area contributed by atoms with Crippen LogP contribution in [0.25, 0.3) is 0 Å². The molecule has 0 N–H and O–H groups in total. The van der Waals surface area contributed by atoms with Gasteiger partial charge in [0.2, 0.25) is 5.91 Å². The Labute approximate surface area is 151 Å². The molecule has 1 saturated carbocycles. The molecule has 25 heavy (non-hydrogen) atoms. The fourth-order valence-electron chi connectivity index (χ4n) is 4.19. The summed E-state index contributed by atoms with van der Waals surface area (Å²) in [5.41, 5.74) is 1.04. The molecule has 138 valence electrons. The second kappa shape index (κ2) is 7.68. The van der Waals surface area contributed by atoms with Gasteiger partial charge in [-0.2, -0.15) is 0 Å². The van der Waals surface area contributed by atoms with Crippen molar-refractivity contribution >= 4 is 11.7 Å². The average Bonchev–Trinajstić information content (AvgIpc) is 3.15. The molecule has 0 radical (unpaired) electrons. The first kappa shape index (κ1) is 18.1. The minimum atomic E-state index is 0.345. The van der Waals surface area contributed by atoms with Crippen molar-refractivity contribution in [1.82, 2.24) is 19.8 Å². The van der Waals surface area contributed by atoms with Crippen LogP contribution in [0.4, 0.5) is 5.82 Å². The van der Waals surface area contributed by atoms with E-state index in [4.69, 9.17) is 0 Å². The van der Waals surface area contributed by atoms with E-state index in [1.165, 1.54) is 25.7 Å². The van der Waals surface area contributed by atoms with Gasteiger partial charge < -0.3 is 14.7 Å². The predicted octanol–water partition coefficient (Wildman–Crippen LogP) is 2.07. The molecule has 2 fully saturated rings. The lowest BCUT2D eigenvalue weighted by Gasteiger charge is -2.26. The highest BCUT2D eigenvalue weighted by Crippen LogP contribution is 2.30. The fourth-order valence-corrected chi connectivity index (χ4v) is 4.19. The third kappa shape index (κ3) is 4.48. The number of carbonyl (C=O) groups excluding carboxylic acids is 1. The molecule has 1 aliphatic heterocycles. The highest BCUT2D eigenvalue weighted by Gasteiger charge is 2.35. The summed E-state index contributed by atoms with van der Waals surface area (Å²) in [6.07, 6.45) is 5.60. The summed E-state index contributed by atoms with van der Waals surface area (Å²) in [7, 11) is 6.16. The maximum atomic E-state index is 12.4. The van der Waals surface area contributed by atoms with Crippen molar-refractivity contribution in [1.29, 1.82) is 0 Å². The van der Waals surface area contributed by atoms with Crippen LogP contribution in [0.2, 0.25) is 0 Å². The van der Waals surface area contributed by atoms with Gasteiger partial charge >= 0.3 is 0 Å². The van der Waals surface area contributed by atoms with E-state index in [-0.39, 0.29) is 0 Å². The summed E-state index contributed by atoms with van der Waals surface area (Å²) < 4.78 is 0. The van der Waals surface area contributed by atoms with E-state index < -0.39 is 0 Å². The van der Waals surface area contributed by atoms with Crippen molar-refractivity contribution in [2.45, 2.75) is 51.6 Å². The number of hydrogen-bond acceptors (Lipinski definition) is 5. The number of likely N-dealkylation sites (tertiary alicyclic amines) is 1. The molecule has 1 unspecified atom stereocenters. The largest absolute Gasteiger partial charge is 0.359 e. The van der Waals surface area contributed by atoms with Gasteiger partial charge in [0.1, 0.15) is 11.6 Å². The summed E-state index contributed by atoms with van der Waals surface area (Å²) in [4.78, 5) is 28.0. The van der Waals surface area contributed by atoms with E-state index in [2.05, 4.69) is 37.8 Å². The van der Waals surface area contributed by atoms with Crippen LogP contribution in [0.5, 0.6) is 0 Å². The maximum Gasteiger partial charge on any atom is 0.223 e. The second-order valence-corrected chi connectivity index (χ2v) is 7.94. The summed E-state index contributed by atoms with van der Waals surface area (Å²) >= 11 is 0. The van der Waals surface area contributed by atoms with E-state index >= 15 is 0 Å². The molecule has 1 aliphatic carbocycles. The van der Waals surface area contributed by atoms with E-state index in [0.717, 1.165) is 37.0 Å². The summed E-state index contributed by atoms with van der Waals surface area (Å²) in [5.74, 6) is 2.50. The lowest BCUT2D eigenvalue weighted by Crippen LogP contribution is -2.35. The Morgan fingerprint density at radius 2 is 1.92 bits per heavy atom. The quantitative estimate of drug-likeness (QED) is 0.790. The maximum absolute atomic E-state index is 12.4. The molecule has 6 heteroatoms. The average molecular weight is 345 g/mol. The molecular weight excluding hydrogens is 314 g/mol. The minimum absolute atomic E-state index is 0.345. The zero-order chi connectivity index (χ0) is 18.0. The van der Waals surface area contributed by atoms with Crippen LogP contribution in [0.3, 0.4) is 0 Å². The molecule has 0 aromatic carbocycles. The summed E-state index contributed by atoms with van der Waals surface area (Å²) in [6.45, 7) is 4.52. The van der Waals surface area contributed by atoms with Gasteiger partial charge in [0.25, 0.3) is 0 Å². The Morgan fingerprint density at radius 3 is 2.60 bits per heavy atom. The van der Waals surface area contributed by atoms with Crippen LogP contribution in [-0.2, 0) is 11.3 Å². The number of nitrogens with zero attached hydrogens (tertiary/aromatic N) is 5. The number of hydrogen-bond donors (Lipinski definition) is 0. The van der Waals surface area contributed by atoms with Gasteiger partial charge in [0.15, 0.2) is 0 Å². The van der Waals surface area contributed by atoms with Crippen LogP contribution in [0.1, 0.15) is 43.6 Å². The molecule has 1 aromatic rings. The van der Waals surface area contributed by atoms with E-state index in [0.29, 0.717) is 24.3 Å². The van der Waals surface area contributed by atoms with Crippen LogP contribution in [-0.4, -0.2) is 65.9 Å². The standard InChI is InChI=1S/C19H31N5O/c1-14-20-16(13-22(2)3)10-18(21-14)23(4)11-15-9-19(25)24(12-15)17-7-5-6-8-17/h10,15,17H,5-9,11-13H2,1-4H3. The zero-order valence-corrected chi connectivity index (χ0v) is 16.0. The molecule has 1 atom stereocenters. The van der Waals surface area contributed by atoms with Crippen molar-refractivity contribution in [2.75, 3.05) is 39.1 Å². The first-order chi connectivity index (χ1) is 11.9. The minimum Gasteiger partial charge on any atom is -0.359 e. The van der Waals surface area contributed by atoms with Gasteiger partial charge in [-0.1, -0.05) is 12.8 Å². The topological polar surface area (TPSA) is 52.6 Å². The molecule has 0 spiro atoms. The SMILES string of the molecule is Cc1nc(CN(C)C)cc(N(C)CC2CC(=O)N(C3CCCC3)C2)n1. The van der Waals surface area contributed by atoms with Crippen LogP contribution in [0.15, 0.2) is 6.07 Å². The molecule has 3 rings (SSSR count). The number of carbonyl (C=O) groups is 1. The van der Waals surface area contributed by atoms with Gasteiger partial charge in [-0.3, -0.25) is 4.79 Å². The predicted molar refractivity (Wildman–Crippen MR) is 99.5 cm³/mol. The van der Waals surface area contributed by atoms with Crippen molar-refractivity contribution in [3.05, 3.63) is 17.6 Å². The van der Waals surface area contributed by atoms with Gasteiger partial charge in [0.05, 0.1) is 5.69 Å². The Bertz CT molecular complexity index is 612. The van der Waals surface area contributed by atoms with Gasteiger partial charge in [0, 0.05) is 51.1 Å². The molecule has 1 amide bonds. The zero-order valence-electron chi connectivity index (χ0n) is 16.0. The molecule has 2 heterocycles. The van der Waals surface area contributed by atoms with Crippen LogP contribution in [0, 0.1) is 12.8 Å². The van der Waals surface area contributed by atoms with E-state index in [9.17, 15) is 4.79 Å². The summed E-state index contributed by atoms with van der Waals surface area (Å²) in [6, 6.07) is 2.56. The highest BCUT2D eigenvalue weighted by atomic mass is 16.2. The molecule has 0 bridgehead atoms. The molecule has 1 aromatic heterocycles. The van der Waals surface area contributed by atoms with Crippen LogP contribution >= 0.6 is 0 Å². The summed E-state index contributed by atoms with van der Waals surface area (Å²) in [5, 5.41) is 0.